The highest BCUT2D eigenvalue weighted by molar-refractivity contribution is 7.98. The lowest BCUT2D eigenvalue weighted by atomic mass is 9.84. The first-order valence-electron chi connectivity index (χ1n) is 10.7. The van der Waals surface area contributed by atoms with Gasteiger partial charge < -0.3 is 0 Å². The largest absolute Gasteiger partial charge is 0.268 e. The predicted octanol–water partition coefficient (Wildman–Crippen LogP) is 6.73. The third kappa shape index (κ3) is 4.35. The minimum Gasteiger partial charge on any atom is -0.268 e. The fraction of sp³-hybridized carbons (Fsp3) is 0.259. The fourth-order valence-corrected chi connectivity index (χ4v) is 5.03. The van der Waals surface area contributed by atoms with Crippen molar-refractivity contribution in [3.05, 3.63) is 99.1 Å². The first-order valence-corrected chi connectivity index (χ1v) is 11.6. The third-order valence-corrected chi connectivity index (χ3v) is 6.70. The van der Waals surface area contributed by atoms with Gasteiger partial charge in [-0.15, -0.1) is 0 Å². The Morgan fingerprint density at radius 2 is 1.59 bits per heavy atom. The van der Waals surface area contributed by atoms with E-state index >= 15 is 0 Å². The summed E-state index contributed by atoms with van der Waals surface area (Å²) < 4.78 is 15.1. The van der Waals surface area contributed by atoms with Gasteiger partial charge in [-0.2, -0.15) is 0 Å². The Kier molecular flexibility index (Phi) is 5.95. The molecule has 3 nitrogen and oxygen atoms in total. The van der Waals surface area contributed by atoms with Crippen LogP contribution < -0.4 is 5.56 Å². The summed E-state index contributed by atoms with van der Waals surface area (Å²) in [7, 11) is 0. The molecule has 3 aromatic carbocycles. The normalized spacial score (nSPS) is 11.8. The standard InChI is InChI=1S/C27H27FN2OS/c1-17-14-19(27(3,4)5)15-18(2)23(17)16-32-26-29-24-9-7-6-8-22(24)25(31)30(26)21-12-10-20(28)11-13-21/h6-15H,16H2,1-5H3. The van der Waals surface area contributed by atoms with Gasteiger partial charge >= 0.3 is 0 Å². The second-order valence-corrected chi connectivity index (χ2v) is 10.1. The van der Waals surface area contributed by atoms with Gasteiger partial charge in [0.2, 0.25) is 0 Å². The van der Waals surface area contributed by atoms with Gasteiger partial charge in [-0.1, -0.05) is 56.8 Å². The molecular formula is C27H27FN2OS. The monoisotopic (exact) mass is 446 g/mol. The van der Waals surface area contributed by atoms with Gasteiger partial charge in [0.15, 0.2) is 5.16 Å². The Morgan fingerprint density at radius 3 is 2.22 bits per heavy atom. The van der Waals surface area contributed by atoms with Crippen LogP contribution in [0.15, 0.2) is 70.6 Å². The zero-order chi connectivity index (χ0) is 23.0. The Hall–Kier alpha value is -2.92. The maximum atomic E-state index is 13.5. The molecule has 0 fully saturated rings. The van der Waals surface area contributed by atoms with Crippen LogP contribution in [0.3, 0.4) is 0 Å². The second kappa shape index (κ2) is 8.55. The molecule has 0 atom stereocenters. The minimum absolute atomic E-state index is 0.0875. The summed E-state index contributed by atoms with van der Waals surface area (Å²) in [6, 6.07) is 17.8. The van der Waals surface area contributed by atoms with Crippen molar-refractivity contribution < 1.29 is 4.39 Å². The number of rotatable bonds is 4. The Balaban J connectivity index is 1.79. The predicted molar refractivity (Wildman–Crippen MR) is 131 cm³/mol. The number of hydrogen-bond acceptors (Lipinski definition) is 3. The van der Waals surface area contributed by atoms with E-state index < -0.39 is 0 Å². The third-order valence-electron chi connectivity index (χ3n) is 5.74. The topological polar surface area (TPSA) is 34.9 Å². The molecule has 5 heteroatoms. The van der Waals surface area contributed by atoms with Gasteiger partial charge in [-0.25, -0.2) is 9.37 Å². The molecule has 0 unspecified atom stereocenters. The van der Waals surface area contributed by atoms with Gasteiger partial charge in [0.05, 0.1) is 16.6 Å². The summed E-state index contributed by atoms with van der Waals surface area (Å²) in [5.74, 6) is 0.351. The Bertz CT molecular complexity index is 1330. The molecule has 0 aliphatic carbocycles. The molecule has 1 aromatic heterocycles. The number of aromatic nitrogens is 2. The van der Waals surface area contributed by atoms with Crippen molar-refractivity contribution in [2.24, 2.45) is 0 Å². The number of para-hydroxylation sites is 1. The highest BCUT2D eigenvalue weighted by Crippen LogP contribution is 2.31. The fourth-order valence-electron chi connectivity index (χ4n) is 3.82. The van der Waals surface area contributed by atoms with E-state index in [1.807, 2.05) is 18.2 Å². The maximum absolute atomic E-state index is 13.5. The molecule has 0 N–H and O–H groups in total. The average molecular weight is 447 g/mol. The molecule has 0 amide bonds. The quantitative estimate of drug-likeness (QED) is 0.257. The molecule has 0 bridgehead atoms. The molecule has 0 aliphatic rings. The van der Waals surface area contributed by atoms with E-state index in [9.17, 15) is 9.18 Å². The van der Waals surface area contributed by atoms with E-state index in [-0.39, 0.29) is 16.8 Å². The van der Waals surface area contributed by atoms with Crippen molar-refractivity contribution in [1.29, 1.82) is 0 Å². The lowest BCUT2D eigenvalue weighted by Gasteiger charge is -2.22. The van der Waals surface area contributed by atoms with Crippen LogP contribution in [0.2, 0.25) is 0 Å². The van der Waals surface area contributed by atoms with E-state index in [2.05, 4.69) is 46.8 Å². The van der Waals surface area contributed by atoms with Crippen molar-refractivity contribution in [2.75, 3.05) is 0 Å². The van der Waals surface area contributed by atoms with Crippen LogP contribution in [0.4, 0.5) is 4.39 Å². The molecule has 4 aromatic rings. The van der Waals surface area contributed by atoms with Gasteiger partial charge in [-0.3, -0.25) is 9.36 Å². The molecule has 164 valence electrons. The zero-order valence-electron chi connectivity index (χ0n) is 19.1. The molecular weight excluding hydrogens is 419 g/mol. The van der Waals surface area contributed by atoms with Crippen LogP contribution in [-0.4, -0.2) is 9.55 Å². The molecule has 1 heterocycles. The van der Waals surface area contributed by atoms with Crippen LogP contribution in [0.1, 0.15) is 43.0 Å². The van der Waals surface area contributed by atoms with Crippen LogP contribution >= 0.6 is 11.8 Å². The van der Waals surface area contributed by atoms with Gasteiger partial charge in [0, 0.05) is 5.75 Å². The van der Waals surface area contributed by atoms with E-state index in [0.29, 0.717) is 27.5 Å². The van der Waals surface area contributed by atoms with E-state index in [0.717, 1.165) is 0 Å². The highest BCUT2D eigenvalue weighted by atomic mass is 32.2. The van der Waals surface area contributed by atoms with Crippen LogP contribution in [0, 0.1) is 19.7 Å². The number of hydrogen-bond donors (Lipinski definition) is 0. The van der Waals surface area contributed by atoms with E-state index in [4.69, 9.17) is 4.98 Å². The maximum Gasteiger partial charge on any atom is 0.266 e. The number of aryl methyl sites for hydroxylation is 2. The highest BCUT2D eigenvalue weighted by Gasteiger charge is 2.18. The van der Waals surface area contributed by atoms with Gasteiger partial charge in [0.1, 0.15) is 5.82 Å². The molecule has 0 saturated heterocycles. The summed E-state index contributed by atoms with van der Waals surface area (Å²) in [4.78, 5) is 18.1. The van der Waals surface area contributed by atoms with Crippen LogP contribution in [-0.2, 0) is 11.2 Å². The zero-order valence-corrected chi connectivity index (χ0v) is 19.9. The first kappa shape index (κ1) is 22.3. The number of fused-ring (bicyclic) bond motifs is 1. The number of halogens is 1. The number of benzene rings is 3. The molecule has 0 aliphatic heterocycles. The average Bonchev–Trinajstić information content (AvgIpc) is 2.73. The van der Waals surface area contributed by atoms with Crippen molar-refractivity contribution in [1.82, 2.24) is 9.55 Å². The van der Waals surface area contributed by atoms with E-state index in [1.165, 1.54) is 46.1 Å². The van der Waals surface area contributed by atoms with Crippen molar-refractivity contribution >= 4 is 22.7 Å². The van der Waals surface area contributed by atoms with E-state index in [1.54, 1.807) is 22.8 Å². The lowest BCUT2D eigenvalue weighted by Crippen LogP contribution is -2.21. The number of thioether (sulfide) groups is 1. The first-order chi connectivity index (χ1) is 15.1. The van der Waals surface area contributed by atoms with Gasteiger partial charge in [0.25, 0.3) is 5.56 Å². The summed E-state index contributed by atoms with van der Waals surface area (Å²) in [5.41, 5.74) is 6.23. The molecule has 0 radical (unpaired) electrons. The van der Waals surface area contributed by atoms with Crippen molar-refractivity contribution in [2.45, 2.75) is 50.9 Å². The molecule has 0 saturated carbocycles. The van der Waals surface area contributed by atoms with Crippen LogP contribution in [0.5, 0.6) is 0 Å². The van der Waals surface area contributed by atoms with Crippen LogP contribution in [0.25, 0.3) is 16.6 Å². The SMILES string of the molecule is Cc1cc(C(C)(C)C)cc(C)c1CSc1nc2ccccc2c(=O)n1-c1ccc(F)cc1. The number of nitrogens with zero attached hydrogens (tertiary/aromatic N) is 2. The molecule has 32 heavy (non-hydrogen) atoms. The molecule has 0 spiro atoms. The summed E-state index contributed by atoms with van der Waals surface area (Å²) in [5, 5.41) is 1.14. The summed E-state index contributed by atoms with van der Waals surface area (Å²) in [6.07, 6.45) is 0. The summed E-state index contributed by atoms with van der Waals surface area (Å²) in [6.45, 7) is 10.9. The smallest absolute Gasteiger partial charge is 0.266 e. The van der Waals surface area contributed by atoms with Crippen molar-refractivity contribution in [3.8, 4) is 5.69 Å². The Morgan fingerprint density at radius 1 is 0.969 bits per heavy atom. The van der Waals surface area contributed by atoms with Gasteiger partial charge in [-0.05, 0) is 77.9 Å². The molecule has 4 rings (SSSR count). The lowest BCUT2D eigenvalue weighted by molar-refractivity contribution is 0.589. The Labute approximate surface area is 192 Å². The minimum atomic E-state index is -0.338. The summed E-state index contributed by atoms with van der Waals surface area (Å²) >= 11 is 1.53. The second-order valence-electron chi connectivity index (χ2n) is 9.16. The van der Waals surface area contributed by atoms with Crippen molar-refractivity contribution in [3.63, 3.8) is 0 Å².